The number of benzene rings is 1. The van der Waals surface area contributed by atoms with Crippen molar-refractivity contribution in [1.82, 2.24) is 4.90 Å². The molecule has 3 unspecified atom stereocenters. The maximum Gasteiger partial charge on any atom is 0.410 e. The molecule has 0 N–H and O–H groups in total. The highest BCUT2D eigenvalue weighted by Gasteiger charge is 2.68. The van der Waals surface area contributed by atoms with Gasteiger partial charge in [-0.1, -0.05) is 30.3 Å². The zero-order valence-electron chi connectivity index (χ0n) is 14.0. The first-order valence-corrected chi connectivity index (χ1v) is 7.91. The van der Waals surface area contributed by atoms with Crippen LogP contribution in [0.5, 0.6) is 0 Å². The van der Waals surface area contributed by atoms with Gasteiger partial charge in [0.1, 0.15) is 5.60 Å². The number of carbonyl (C=O) groups excluding carboxylic acids is 2. The van der Waals surface area contributed by atoms with E-state index >= 15 is 0 Å². The molecule has 124 valence electrons. The second-order valence-electron chi connectivity index (χ2n) is 7.40. The summed E-state index contributed by atoms with van der Waals surface area (Å²) in [5, 5.41) is 0. The van der Waals surface area contributed by atoms with Crippen molar-refractivity contribution < 1.29 is 19.1 Å². The lowest BCUT2D eigenvalue weighted by molar-refractivity contribution is -0.152. The Hall–Kier alpha value is -2.04. The first-order chi connectivity index (χ1) is 10.8. The molecule has 0 spiro atoms. The minimum absolute atomic E-state index is 0.141. The van der Waals surface area contributed by atoms with Gasteiger partial charge in [-0.3, -0.25) is 4.79 Å². The zero-order chi connectivity index (χ0) is 16.8. The van der Waals surface area contributed by atoms with Crippen molar-refractivity contribution in [2.75, 3.05) is 13.7 Å². The maximum absolute atomic E-state index is 12.5. The molecule has 23 heavy (non-hydrogen) atoms. The van der Waals surface area contributed by atoms with Crippen molar-refractivity contribution in [3.8, 4) is 0 Å². The van der Waals surface area contributed by atoms with E-state index in [1.54, 1.807) is 4.90 Å². The van der Waals surface area contributed by atoms with Gasteiger partial charge in [0.25, 0.3) is 0 Å². The number of amides is 1. The Kier molecular flexibility index (Phi) is 3.62. The van der Waals surface area contributed by atoms with E-state index in [2.05, 4.69) is 0 Å². The molecule has 2 heterocycles. The average Bonchev–Trinajstić information content (AvgIpc) is 3.02. The predicted octanol–water partition coefficient (Wildman–Crippen LogP) is 2.74. The second kappa shape index (κ2) is 5.25. The Labute approximate surface area is 136 Å². The monoisotopic (exact) mass is 317 g/mol. The largest absolute Gasteiger partial charge is 0.469 e. The van der Waals surface area contributed by atoms with Crippen LogP contribution >= 0.6 is 0 Å². The highest BCUT2D eigenvalue weighted by atomic mass is 16.6. The third-order valence-electron chi connectivity index (χ3n) is 4.84. The van der Waals surface area contributed by atoms with E-state index in [-0.39, 0.29) is 29.4 Å². The molecule has 2 bridgehead atoms. The van der Waals surface area contributed by atoms with Gasteiger partial charge in [0.2, 0.25) is 0 Å². The van der Waals surface area contributed by atoms with Gasteiger partial charge < -0.3 is 14.4 Å². The number of hydrogen-bond donors (Lipinski definition) is 0. The topological polar surface area (TPSA) is 55.8 Å². The highest BCUT2D eigenvalue weighted by Crippen LogP contribution is 2.58. The first-order valence-electron chi connectivity index (χ1n) is 7.91. The van der Waals surface area contributed by atoms with Gasteiger partial charge >= 0.3 is 12.1 Å². The number of carbonyl (C=O) groups is 2. The summed E-state index contributed by atoms with van der Waals surface area (Å²) in [4.78, 5) is 26.5. The fraction of sp³-hybridized carbons (Fsp3) is 0.556. The molecule has 2 saturated heterocycles. The van der Waals surface area contributed by atoms with Crippen LogP contribution in [0.25, 0.3) is 0 Å². The van der Waals surface area contributed by atoms with Crippen LogP contribution in [0, 0.1) is 5.92 Å². The molecule has 3 fully saturated rings. The lowest BCUT2D eigenvalue weighted by atomic mass is 9.57. The van der Waals surface area contributed by atoms with Crippen molar-refractivity contribution in [1.29, 1.82) is 0 Å². The molecule has 5 nitrogen and oxygen atoms in total. The normalized spacial score (nSPS) is 29.0. The van der Waals surface area contributed by atoms with Crippen LogP contribution < -0.4 is 0 Å². The number of nitrogens with zero attached hydrogens (tertiary/aromatic N) is 1. The van der Waals surface area contributed by atoms with E-state index in [1.807, 2.05) is 51.1 Å². The average molecular weight is 317 g/mol. The summed E-state index contributed by atoms with van der Waals surface area (Å²) < 4.78 is 10.5. The molecular formula is C18H23NO4. The molecule has 1 aromatic carbocycles. The smallest absolute Gasteiger partial charge is 0.410 e. The van der Waals surface area contributed by atoms with Crippen LogP contribution in [-0.2, 0) is 19.7 Å². The fourth-order valence-electron chi connectivity index (χ4n) is 3.89. The van der Waals surface area contributed by atoms with Gasteiger partial charge in [-0.05, 0) is 32.8 Å². The van der Waals surface area contributed by atoms with E-state index in [9.17, 15) is 9.59 Å². The van der Waals surface area contributed by atoms with Gasteiger partial charge in [-0.2, -0.15) is 0 Å². The van der Waals surface area contributed by atoms with Gasteiger partial charge in [-0.25, -0.2) is 4.79 Å². The van der Waals surface area contributed by atoms with Crippen LogP contribution in [-0.4, -0.2) is 42.3 Å². The van der Waals surface area contributed by atoms with Crippen LogP contribution in [0.15, 0.2) is 30.3 Å². The summed E-state index contributed by atoms with van der Waals surface area (Å²) in [6.45, 7) is 6.03. The van der Waals surface area contributed by atoms with Crippen molar-refractivity contribution in [2.45, 2.75) is 44.2 Å². The lowest BCUT2D eigenvalue weighted by Gasteiger charge is -2.44. The SMILES string of the molecule is COC(=O)C1C2CC1(c1ccccc1)CN2C(=O)OC(C)(C)C. The number of rotatable bonds is 2. The molecule has 2 aliphatic heterocycles. The molecule has 1 aromatic rings. The van der Waals surface area contributed by atoms with Crippen LogP contribution in [0.4, 0.5) is 4.79 Å². The summed E-state index contributed by atoms with van der Waals surface area (Å²) >= 11 is 0. The first kappa shape index (κ1) is 15.8. The Balaban J connectivity index is 1.90. The second-order valence-corrected chi connectivity index (χ2v) is 7.40. The van der Waals surface area contributed by atoms with Crippen molar-refractivity contribution in [2.24, 2.45) is 5.92 Å². The molecule has 1 amide bonds. The number of ether oxygens (including phenoxy) is 2. The summed E-state index contributed by atoms with van der Waals surface area (Å²) in [5.74, 6) is -0.571. The predicted molar refractivity (Wildman–Crippen MR) is 85.0 cm³/mol. The van der Waals surface area contributed by atoms with Crippen LogP contribution in [0.1, 0.15) is 32.8 Å². The Morgan fingerprint density at radius 2 is 1.87 bits per heavy atom. The maximum atomic E-state index is 12.5. The Morgan fingerprint density at radius 3 is 2.43 bits per heavy atom. The van der Waals surface area contributed by atoms with Gasteiger partial charge in [-0.15, -0.1) is 0 Å². The van der Waals surface area contributed by atoms with Gasteiger partial charge in [0.05, 0.1) is 19.1 Å². The summed E-state index contributed by atoms with van der Waals surface area (Å²) in [5.41, 5.74) is 0.179. The van der Waals surface area contributed by atoms with Crippen molar-refractivity contribution in [3.63, 3.8) is 0 Å². The minimum Gasteiger partial charge on any atom is -0.469 e. The molecule has 1 aliphatic carbocycles. The summed E-state index contributed by atoms with van der Waals surface area (Å²) in [6.07, 6.45) is 0.419. The molecular weight excluding hydrogens is 294 g/mol. The molecule has 4 rings (SSSR count). The minimum atomic E-state index is -0.551. The summed E-state index contributed by atoms with van der Waals surface area (Å²) in [6, 6.07) is 9.76. The van der Waals surface area contributed by atoms with Crippen molar-refractivity contribution >= 4 is 12.1 Å². The quantitative estimate of drug-likeness (QED) is 0.787. The van der Waals surface area contributed by atoms with Crippen LogP contribution in [0.2, 0.25) is 0 Å². The molecule has 1 saturated carbocycles. The number of hydrogen-bond acceptors (Lipinski definition) is 4. The van der Waals surface area contributed by atoms with Crippen LogP contribution in [0.3, 0.4) is 0 Å². The van der Waals surface area contributed by atoms with E-state index in [4.69, 9.17) is 9.47 Å². The lowest BCUT2D eigenvalue weighted by Crippen LogP contribution is -2.54. The molecule has 5 heteroatoms. The summed E-state index contributed by atoms with van der Waals surface area (Å²) in [7, 11) is 1.40. The third-order valence-corrected chi connectivity index (χ3v) is 4.84. The molecule has 0 aromatic heterocycles. The molecule has 3 atom stereocenters. The number of fused-ring (bicyclic) bond motifs is 1. The highest BCUT2D eigenvalue weighted by molar-refractivity contribution is 5.82. The standard InChI is InChI=1S/C18H23NO4/c1-17(2,3)23-16(21)19-11-18(12-8-6-5-7-9-12)10-13(19)14(18)15(20)22-4/h5-9,13-14H,10-11H2,1-4H3. The van der Waals surface area contributed by atoms with Gasteiger partial charge in [0.15, 0.2) is 0 Å². The number of esters is 1. The van der Waals surface area contributed by atoms with Crippen molar-refractivity contribution in [3.05, 3.63) is 35.9 Å². The molecule has 3 aliphatic rings. The number of methoxy groups -OCH3 is 1. The van der Waals surface area contributed by atoms with E-state index < -0.39 is 5.60 Å². The fourth-order valence-corrected chi connectivity index (χ4v) is 3.89. The van der Waals surface area contributed by atoms with E-state index in [0.29, 0.717) is 6.54 Å². The van der Waals surface area contributed by atoms with Gasteiger partial charge in [0, 0.05) is 12.0 Å². The van der Waals surface area contributed by atoms with E-state index in [1.165, 1.54) is 7.11 Å². The third kappa shape index (κ3) is 2.48. The molecule has 0 radical (unpaired) electrons. The van der Waals surface area contributed by atoms with E-state index in [0.717, 1.165) is 12.0 Å². The Morgan fingerprint density at radius 1 is 1.22 bits per heavy atom. The zero-order valence-corrected chi connectivity index (χ0v) is 14.0. The Bertz CT molecular complexity index is 622.